The fourth-order valence-corrected chi connectivity index (χ4v) is 3.96. The van der Waals surface area contributed by atoms with Gasteiger partial charge in [-0.15, -0.1) is 0 Å². The zero-order valence-electron chi connectivity index (χ0n) is 16.0. The standard InChI is InChI=1S/C22H18N4O4/c27-20(17-12-14-4-1-2-6-18(14)30-22(17)29)25-10-7-15(8-11-25)26-13-24-19-16(21(26)28)5-3-9-23-19/h1-6,9,12-13,15H,7-8,10-11H2. The number of carbonyl (C=O) groups excluding carboxylic acids is 1. The summed E-state index contributed by atoms with van der Waals surface area (Å²) in [6.07, 6.45) is 4.32. The van der Waals surface area contributed by atoms with Crippen LogP contribution in [-0.2, 0) is 0 Å². The highest BCUT2D eigenvalue weighted by Gasteiger charge is 2.27. The molecule has 30 heavy (non-hydrogen) atoms. The third-order valence-electron chi connectivity index (χ3n) is 5.57. The van der Waals surface area contributed by atoms with E-state index in [2.05, 4.69) is 9.97 Å². The lowest BCUT2D eigenvalue weighted by molar-refractivity contribution is 0.0689. The van der Waals surface area contributed by atoms with Crippen LogP contribution in [0.25, 0.3) is 22.0 Å². The van der Waals surface area contributed by atoms with Crippen LogP contribution in [0.1, 0.15) is 29.2 Å². The molecule has 1 saturated heterocycles. The van der Waals surface area contributed by atoms with Crippen LogP contribution in [0.3, 0.4) is 0 Å². The van der Waals surface area contributed by atoms with E-state index in [0.29, 0.717) is 47.9 Å². The van der Waals surface area contributed by atoms with Crippen molar-refractivity contribution >= 4 is 27.9 Å². The highest BCUT2D eigenvalue weighted by Crippen LogP contribution is 2.23. The van der Waals surface area contributed by atoms with Crippen molar-refractivity contribution in [1.82, 2.24) is 19.4 Å². The Bertz CT molecular complexity index is 1380. The molecular formula is C22H18N4O4. The molecule has 0 saturated carbocycles. The van der Waals surface area contributed by atoms with Crippen LogP contribution in [-0.4, -0.2) is 38.4 Å². The van der Waals surface area contributed by atoms with E-state index in [1.807, 2.05) is 6.07 Å². The minimum atomic E-state index is -0.636. The number of rotatable bonds is 2. The van der Waals surface area contributed by atoms with Gasteiger partial charge in [0.2, 0.25) is 0 Å². The van der Waals surface area contributed by atoms with Gasteiger partial charge in [-0.1, -0.05) is 18.2 Å². The topological polar surface area (TPSA) is 98.3 Å². The van der Waals surface area contributed by atoms with Crippen molar-refractivity contribution in [3.05, 3.63) is 81.3 Å². The van der Waals surface area contributed by atoms with E-state index in [1.54, 1.807) is 52.1 Å². The average molecular weight is 402 g/mol. The Morgan fingerprint density at radius 1 is 1.03 bits per heavy atom. The molecular weight excluding hydrogens is 384 g/mol. The number of benzene rings is 1. The van der Waals surface area contributed by atoms with Gasteiger partial charge in [0.05, 0.1) is 5.39 Å². The Kier molecular flexibility index (Phi) is 4.39. The molecule has 0 atom stereocenters. The van der Waals surface area contributed by atoms with Crippen molar-refractivity contribution in [2.45, 2.75) is 18.9 Å². The second kappa shape index (κ2) is 7.22. The van der Waals surface area contributed by atoms with Crippen molar-refractivity contribution < 1.29 is 9.21 Å². The van der Waals surface area contributed by atoms with Crippen molar-refractivity contribution in [1.29, 1.82) is 0 Å². The van der Waals surface area contributed by atoms with Crippen LogP contribution in [0, 0.1) is 0 Å². The highest BCUT2D eigenvalue weighted by atomic mass is 16.4. The Labute approximate surface area is 170 Å². The Morgan fingerprint density at radius 2 is 1.83 bits per heavy atom. The van der Waals surface area contributed by atoms with Crippen molar-refractivity contribution in [3.63, 3.8) is 0 Å². The maximum Gasteiger partial charge on any atom is 0.349 e. The first-order chi connectivity index (χ1) is 14.6. The van der Waals surface area contributed by atoms with Gasteiger partial charge < -0.3 is 9.32 Å². The molecule has 1 aliphatic heterocycles. The van der Waals surface area contributed by atoms with Crippen molar-refractivity contribution in [2.75, 3.05) is 13.1 Å². The molecule has 4 aromatic rings. The molecule has 3 aromatic heterocycles. The number of hydrogen-bond acceptors (Lipinski definition) is 6. The molecule has 150 valence electrons. The predicted octanol–water partition coefficient (Wildman–Crippen LogP) is 2.38. The third kappa shape index (κ3) is 3.06. The lowest BCUT2D eigenvalue weighted by Crippen LogP contribution is -2.42. The predicted molar refractivity (Wildman–Crippen MR) is 110 cm³/mol. The van der Waals surface area contributed by atoms with Gasteiger partial charge in [-0.3, -0.25) is 14.2 Å². The molecule has 1 fully saturated rings. The lowest BCUT2D eigenvalue weighted by atomic mass is 10.0. The first kappa shape index (κ1) is 18.2. The second-order valence-electron chi connectivity index (χ2n) is 7.34. The molecule has 8 nitrogen and oxygen atoms in total. The van der Waals surface area contributed by atoms with Crippen LogP contribution >= 0.6 is 0 Å². The number of aromatic nitrogens is 3. The summed E-state index contributed by atoms with van der Waals surface area (Å²) in [7, 11) is 0. The first-order valence-corrected chi connectivity index (χ1v) is 9.76. The fraction of sp³-hybridized carbons (Fsp3) is 0.227. The number of carbonyl (C=O) groups is 1. The summed E-state index contributed by atoms with van der Waals surface area (Å²) in [5.41, 5.74) is 0.143. The third-order valence-corrected chi connectivity index (χ3v) is 5.57. The quantitative estimate of drug-likeness (QED) is 0.478. The Morgan fingerprint density at radius 3 is 2.67 bits per heavy atom. The molecule has 0 radical (unpaired) electrons. The summed E-state index contributed by atoms with van der Waals surface area (Å²) >= 11 is 0. The number of nitrogens with zero attached hydrogens (tertiary/aromatic N) is 4. The molecule has 1 aliphatic rings. The SMILES string of the molecule is O=C(c1cc2ccccc2oc1=O)N1CCC(n2cnc3ncccc3c2=O)CC1. The number of piperidine rings is 1. The van der Waals surface area contributed by atoms with Gasteiger partial charge in [0.15, 0.2) is 5.65 Å². The van der Waals surface area contributed by atoms with Gasteiger partial charge in [0, 0.05) is 30.7 Å². The zero-order valence-corrected chi connectivity index (χ0v) is 16.0. The van der Waals surface area contributed by atoms with Gasteiger partial charge >= 0.3 is 5.63 Å². The summed E-state index contributed by atoms with van der Waals surface area (Å²) in [4.78, 5) is 48.0. The minimum absolute atomic E-state index is 0.0303. The Balaban J connectivity index is 1.37. The smallest absolute Gasteiger partial charge is 0.349 e. The number of amides is 1. The maximum absolute atomic E-state index is 12.9. The van der Waals surface area contributed by atoms with Gasteiger partial charge in [-0.2, -0.15) is 0 Å². The highest BCUT2D eigenvalue weighted by molar-refractivity contribution is 5.96. The molecule has 0 aliphatic carbocycles. The van der Waals surface area contributed by atoms with Crippen LogP contribution in [0.5, 0.6) is 0 Å². The minimum Gasteiger partial charge on any atom is -0.422 e. The molecule has 5 rings (SSSR count). The van der Waals surface area contributed by atoms with Gasteiger partial charge in [0.25, 0.3) is 11.5 Å². The fourth-order valence-electron chi connectivity index (χ4n) is 3.96. The van der Waals surface area contributed by atoms with E-state index >= 15 is 0 Å². The van der Waals surface area contributed by atoms with E-state index in [-0.39, 0.29) is 23.1 Å². The van der Waals surface area contributed by atoms with Gasteiger partial charge in [0.1, 0.15) is 17.5 Å². The molecule has 0 unspecified atom stereocenters. The summed E-state index contributed by atoms with van der Waals surface area (Å²) in [6, 6.07) is 12.0. The molecule has 1 amide bonds. The Hall–Kier alpha value is -3.81. The molecule has 8 heteroatoms. The van der Waals surface area contributed by atoms with Crippen molar-refractivity contribution in [2.24, 2.45) is 0 Å². The van der Waals surface area contributed by atoms with E-state index in [1.165, 1.54) is 6.33 Å². The van der Waals surface area contributed by atoms with E-state index < -0.39 is 5.63 Å². The first-order valence-electron chi connectivity index (χ1n) is 9.76. The number of hydrogen-bond donors (Lipinski definition) is 0. The van der Waals surface area contributed by atoms with Crippen molar-refractivity contribution in [3.8, 4) is 0 Å². The zero-order chi connectivity index (χ0) is 20.7. The summed E-state index contributed by atoms with van der Waals surface area (Å²) in [5, 5.41) is 1.19. The molecule has 0 spiro atoms. The molecule has 0 bridgehead atoms. The van der Waals surface area contributed by atoms with Crippen LogP contribution in [0.2, 0.25) is 0 Å². The lowest BCUT2D eigenvalue weighted by Gasteiger charge is -2.32. The van der Waals surface area contributed by atoms with Gasteiger partial charge in [-0.25, -0.2) is 14.8 Å². The molecule has 1 aromatic carbocycles. The molecule has 4 heterocycles. The summed E-state index contributed by atoms with van der Waals surface area (Å²) < 4.78 is 6.91. The van der Waals surface area contributed by atoms with Gasteiger partial charge in [-0.05, 0) is 37.1 Å². The van der Waals surface area contributed by atoms with Crippen LogP contribution in [0.15, 0.2) is 69.0 Å². The van der Waals surface area contributed by atoms with E-state index in [4.69, 9.17) is 4.42 Å². The van der Waals surface area contributed by atoms with Crippen LogP contribution in [0.4, 0.5) is 0 Å². The number of para-hydroxylation sites is 1. The van der Waals surface area contributed by atoms with E-state index in [0.717, 1.165) is 0 Å². The summed E-state index contributed by atoms with van der Waals surface area (Å²) in [5.74, 6) is -0.346. The van der Waals surface area contributed by atoms with Crippen LogP contribution < -0.4 is 11.2 Å². The average Bonchev–Trinajstić information content (AvgIpc) is 2.79. The largest absolute Gasteiger partial charge is 0.422 e. The number of likely N-dealkylation sites (tertiary alicyclic amines) is 1. The number of fused-ring (bicyclic) bond motifs is 2. The number of pyridine rings is 1. The van der Waals surface area contributed by atoms with E-state index in [9.17, 15) is 14.4 Å². The summed E-state index contributed by atoms with van der Waals surface area (Å²) in [6.45, 7) is 0.876. The second-order valence-corrected chi connectivity index (χ2v) is 7.34. The normalized spacial score (nSPS) is 15.0. The molecule has 0 N–H and O–H groups in total. The monoisotopic (exact) mass is 402 g/mol. The maximum atomic E-state index is 12.9.